The van der Waals surface area contributed by atoms with Gasteiger partial charge >= 0.3 is 6.92 Å². The molecule has 0 spiro atoms. The van der Waals surface area contributed by atoms with Gasteiger partial charge in [-0.2, -0.15) is 0 Å². The average Bonchev–Trinajstić information content (AvgIpc) is 2.63. The number of hydrogen-bond acceptors (Lipinski definition) is 3. The molecule has 0 aromatic carbocycles. The summed E-state index contributed by atoms with van der Waals surface area (Å²) in [6.45, 7) is 7.90. The van der Waals surface area contributed by atoms with Gasteiger partial charge in [-0.15, -0.1) is 6.58 Å². The van der Waals surface area contributed by atoms with Crippen LogP contribution < -0.4 is 0 Å². The summed E-state index contributed by atoms with van der Waals surface area (Å²) < 4.78 is 0. The van der Waals surface area contributed by atoms with Crippen LogP contribution in [0.15, 0.2) is 12.7 Å². The summed E-state index contributed by atoms with van der Waals surface area (Å²) in [5, 5.41) is 19.5. The fraction of sp³-hybridized carbons (Fsp3) is 0.800. The first-order chi connectivity index (χ1) is 6.57. The number of aliphatic hydroxyl groups excluding tert-OH is 1. The molecule has 0 aromatic heterocycles. The molecule has 1 rings (SSSR count). The summed E-state index contributed by atoms with van der Waals surface area (Å²) in [5.74, 6) is 0.154. The van der Waals surface area contributed by atoms with Crippen molar-refractivity contribution in [1.82, 2.24) is 4.90 Å². The number of nitrogens with zero attached hydrogens (tertiary/aromatic N) is 1. The predicted molar refractivity (Wildman–Crippen MR) is 58.9 cm³/mol. The fourth-order valence-electron chi connectivity index (χ4n) is 2.09. The standard InChI is InChI=1S/C10H20BNO2/c1-4-8(2)10(13)12-7-5-6-9(12)11(3)14/h4,8-10,13-14H,1,5-7H2,2-3H3/t8-,9+,10?/m1/s1. The summed E-state index contributed by atoms with van der Waals surface area (Å²) in [4.78, 5) is 1.98. The van der Waals surface area contributed by atoms with Crippen LogP contribution in [0.5, 0.6) is 0 Å². The predicted octanol–water partition coefficient (Wildman–Crippen LogP) is 0.744. The van der Waals surface area contributed by atoms with Gasteiger partial charge in [0.25, 0.3) is 0 Å². The van der Waals surface area contributed by atoms with Crippen molar-refractivity contribution in [3.05, 3.63) is 12.7 Å². The molecule has 0 radical (unpaired) electrons. The Morgan fingerprint density at radius 2 is 2.29 bits per heavy atom. The van der Waals surface area contributed by atoms with Crippen LogP contribution in [0.2, 0.25) is 6.82 Å². The lowest BCUT2D eigenvalue weighted by Gasteiger charge is -2.32. The highest BCUT2D eigenvalue weighted by Crippen LogP contribution is 2.23. The lowest BCUT2D eigenvalue weighted by atomic mass is 9.62. The third-order valence-electron chi connectivity index (χ3n) is 3.08. The normalized spacial score (nSPS) is 27.3. The minimum absolute atomic E-state index is 0.0503. The Kier molecular flexibility index (Phi) is 4.17. The molecular formula is C10H20BNO2. The van der Waals surface area contributed by atoms with E-state index in [2.05, 4.69) is 6.58 Å². The van der Waals surface area contributed by atoms with Crippen molar-refractivity contribution in [2.24, 2.45) is 5.92 Å². The molecule has 0 amide bonds. The highest BCUT2D eigenvalue weighted by atomic mass is 16.3. The number of likely N-dealkylation sites (tertiary alicyclic amines) is 1. The first-order valence-electron chi connectivity index (χ1n) is 5.32. The monoisotopic (exact) mass is 197 g/mol. The molecule has 14 heavy (non-hydrogen) atoms. The van der Waals surface area contributed by atoms with Crippen LogP contribution in [0.1, 0.15) is 19.8 Å². The zero-order chi connectivity index (χ0) is 10.7. The second-order valence-electron chi connectivity index (χ2n) is 4.20. The largest absolute Gasteiger partial charge is 0.449 e. The Labute approximate surface area is 86.5 Å². The number of aliphatic hydroxyl groups is 1. The first kappa shape index (κ1) is 11.8. The third kappa shape index (κ3) is 2.38. The van der Waals surface area contributed by atoms with Gasteiger partial charge < -0.3 is 10.1 Å². The second-order valence-corrected chi connectivity index (χ2v) is 4.20. The molecule has 4 heteroatoms. The van der Waals surface area contributed by atoms with E-state index in [0.29, 0.717) is 0 Å². The Morgan fingerprint density at radius 3 is 2.79 bits per heavy atom. The van der Waals surface area contributed by atoms with E-state index in [1.807, 2.05) is 11.8 Å². The molecule has 1 aliphatic heterocycles. The van der Waals surface area contributed by atoms with Crippen molar-refractivity contribution >= 4 is 6.92 Å². The van der Waals surface area contributed by atoms with Gasteiger partial charge in [0.05, 0.1) is 0 Å². The zero-order valence-corrected chi connectivity index (χ0v) is 9.06. The van der Waals surface area contributed by atoms with Gasteiger partial charge in [-0.3, -0.25) is 4.90 Å². The minimum atomic E-state index is -0.505. The van der Waals surface area contributed by atoms with Crippen molar-refractivity contribution in [2.45, 2.75) is 38.8 Å². The maximum absolute atomic E-state index is 9.98. The SMILES string of the molecule is C=C[C@@H](C)C(O)N1CCC[C@H]1B(C)O. The van der Waals surface area contributed by atoms with E-state index in [1.165, 1.54) is 0 Å². The van der Waals surface area contributed by atoms with Crippen molar-refractivity contribution in [3.63, 3.8) is 0 Å². The lowest BCUT2D eigenvalue weighted by molar-refractivity contribution is -0.0174. The second kappa shape index (κ2) is 4.96. The van der Waals surface area contributed by atoms with E-state index in [0.717, 1.165) is 19.4 Å². The first-order valence-corrected chi connectivity index (χ1v) is 5.32. The Hall–Kier alpha value is -0.315. The van der Waals surface area contributed by atoms with E-state index < -0.39 is 6.23 Å². The Morgan fingerprint density at radius 1 is 1.64 bits per heavy atom. The molecule has 1 heterocycles. The molecule has 3 atom stereocenters. The van der Waals surface area contributed by atoms with Gasteiger partial charge in [-0.25, -0.2) is 0 Å². The zero-order valence-electron chi connectivity index (χ0n) is 9.06. The summed E-state index contributed by atoms with van der Waals surface area (Å²) >= 11 is 0. The van der Waals surface area contributed by atoms with E-state index in [4.69, 9.17) is 0 Å². The minimum Gasteiger partial charge on any atom is -0.449 e. The molecule has 1 aliphatic rings. The maximum Gasteiger partial charge on any atom is 0.303 e. The van der Waals surface area contributed by atoms with Gasteiger partial charge in [-0.05, 0) is 12.8 Å². The molecule has 0 aliphatic carbocycles. The molecule has 80 valence electrons. The molecule has 3 nitrogen and oxygen atoms in total. The van der Waals surface area contributed by atoms with E-state index in [1.54, 1.807) is 12.9 Å². The lowest BCUT2D eigenvalue weighted by Crippen LogP contribution is -2.48. The van der Waals surface area contributed by atoms with Gasteiger partial charge in [-0.1, -0.05) is 19.8 Å². The fourth-order valence-corrected chi connectivity index (χ4v) is 2.09. The van der Waals surface area contributed by atoms with Crippen molar-refractivity contribution < 1.29 is 10.1 Å². The molecule has 0 aromatic rings. The molecule has 1 saturated heterocycles. The van der Waals surface area contributed by atoms with Gasteiger partial charge in [0.2, 0.25) is 0 Å². The average molecular weight is 197 g/mol. The van der Waals surface area contributed by atoms with E-state index in [-0.39, 0.29) is 18.8 Å². The molecule has 0 saturated carbocycles. The summed E-state index contributed by atoms with van der Waals surface area (Å²) in [5.41, 5.74) is 0. The molecule has 1 fully saturated rings. The van der Waals surface area contributed by atoms with Crippen LogP contribution in [0.3, 0.4) is 0 Å². The van der Waals surface area contributed by atoms with Gasteiger partial charge in [0.15, 0.2) is 0 Å². The summed E-state index contributed by atoms with van der Waals surface area (Å²) in [6.07, 6.45) is 3.27. The smallest absolute Gasteiger partial charge is 0.303 e. The van der Waals surface area contributed by atoms with Crippen LogP contribution in [0, 0.1) is 5.92 Å². The van der Waals surface area contributed by atoms with Crippen LogP contribution in [0.4, 0.5) is 0 Å². The highest BCUT2D eigenvalue weighted by Gasteiger charge is 2.35. The summed E-state index contributed by atoms with van der Waals surface area (Å²) in [7, 11) is 0. The van der Waals surface area contributed by atoms with Gasteiger partial charge in [0, 0.05) is 18.4 Å². The Bertz CT molecular complexity index is 199. The van der Waals surface area contributed by atoms with Crippen LogP contribution in [0.25, 0.3) is 0 Å². The molecule has 0 bridgehead atoms. The van der Waals surface area contributed by atoms with Crippen molar-refractivity contribution in [3.8, 4) is 0 Å². The molecular weight excluding hydrogens is 177 g/mol. The van der Waals surface area contributed by atoms with Crippen LogP contribution >= 0.6 is 0 Å². The topological polar surface area (TPSA) is 43.7 Å². The Balaban J connectivity index is 2.61. The summed E-state index contributed by atoms with van der Waals surface area (Å²) in [6, 6.07) is 0. The third-order valence-corrected chi connectivity index (χ3v) is 3.08. The molecule has 1 unspecified atom stereocenters. The van der Waals surface area contributed by atoms with Crippen molar-refractivity contribution in [1.29, 1.82) is 0 Å². The van der Waals surface area contributed by atoms with Crippen molar-refractivity contribution in [2.75, 3.05) is 6.54 Å². The van der Waals surface area contributed by atoms with Crippen LogP contribution in [-0.2, 0) is 0 Å². The maximum atomic E-state index is 9.98. The quantitative estimate of drug-likeness (QED) is 0.516. The number of hydrogen-bond donors (Lipinski definition) is 2. The highest BCUT2D eigenvalue weighted by molar-refractivity contribution is 6.50. The van der Waals surface area contributed by atoms with E-state index in [9.17, 15) is 10.1 Å². The van der Waals surface area contributed by atoms with E-state index >= 15 is 0 Å². The van der Waals surface area contributed by atoms with Gasteiger partial charge in [0.1, 0.15) is 6.23 Å². The van der Waals surface area contributed by atoms with Crippen LogP contribution in [-0.4, -0.2) is 40.7 Å². The molecule has 2 N–H and O–H groups in total. The number of rotatable bonds is 4.